The number of hydrogen-bond acceptors (Lipinski definition) is 3. The van der Waals surface area contributed by atoms with E-state index < -0.39 is 0 Å². The van der Waals surface area contributed by atoms with E-state index in [0.29, 0.717) is 5.92 Å². The Morgan fingerprint density at radius 1 is 1.28 bits per heavy atom. The van der Waals surface area contributed by atoms with Crippen LogP contribution in [-0.4, -0.2) is 15.7 Å². The Hall–Kier alpha value is -1.68. The normalized spacial score (nSPS) is 16.1. The third kappa shape index (κ3) is 2.43. The van der Waals surface area contributed by atoms with E-state index in [2.05, 4.69) is 51.1 Å². The number of hydrogen-bond donors (Lipinski definition) is 2. The minimum atomic E-state index is 0.338. The number of aromatic amines is 1. The molecule has 2 heterocycles. The second-order valence-electron chi connectivity index (χ2n) is 4.32. The van der Waals surface area contributed by atoms with Gasteiger partial charge < -0.3 is 9.71 Å². The van der Waals surface area contributed by atoms with Gasteiger partial charge in [0.05, 0.1) is 6.33 Å². The topological polar surface area (TPSA) is 40.7 Å². The van der Waals surface area contributed by atoms with Gasteiger partial charge in [0.25, 0.3) is 0 Å². The lowest BCUT2D eigenvalue weighted by molar-refractivity contribution is 0.741. The van der Waals surface area contributed by atoms with Gasteiger partial charge in [-0.1, -0.05) is 36.4 Å². The zero-order valence-electron chi connectivity index (χ0n) is 9.97. The molecule has 1 aliphatic rings. The van der Waals surface area contributed by atoms with E-state index in [-0.39, 0.29) is 0 Å². The minimum Gasteiger partial charge on any atom is -0.348 e. The van der Waals surface area contributed by atoms with E-state index in [1.807, 2.05) is 6.20 Å². The summed E-state index contributed by atoms with van der Waals surface area (Å²) in [6, 6.07) is 10.6. The molecule has 2 aromatic rings. The van der Waals surface area contributed by atoms with Crippen molar-refractivity contribution >= 4 is 11.9 Å². The number of H-pyrrole nitrogens is 1. The molecule has 3 rings (SSSR count). The van der Waals surface area contributed by atoms with Crippen LogP contribution in [-0.2, 0) is 6.42 Å². The van der Waals surface area contributed by atoms with Crippen LogP contribution in [0.2, 0.25) is 0 Å². The molecule has 0 radical (unpaired) electrons. The minimum absolute atomic E-state index is 0.338. The Morgan fingerprint density at radius 2 is 2.17 bits per heavy atom. The summed E-state index contributed by atoms with van der Waals surface area (Å²) in [5.74, 6) is 1.37. The van der Waals surface area contributed by atoms with Crippen LogP contribution in [0.3, 0.4) is 0 Å². The molecule has 0 aliphatic carbocycles. The summed E-state index contributed by atoms with van der Waals surface area (Å²) in [5.41, 5.74) is 3.80. The fourth-order valence-corrected chi connectivity index (χ4v) is 2.94. The first-order chi connectivity index (χ1) is 8.93. The third-order valence-corrected chi connectivity index (χ3v) is 3.84. The smallest absolute Gasteiger partial charge is 0.0921 e. The van der Waals surface area contributed by atoms with Crippen molar-refractivity contribution in [2.45, 2.75) is 12.3 Å². The van der Waals surface area contributed by atoms with Crippen molar-refractivity contribution in [1.29, 1.82) is 0 Å². The lowest BCUT2D eigenvalue weighted by Crippen LogP contribution is -2.13. The maximum absolute atomic E-state index is 4.14. The molecule has 1 aromatic heterocycles. The standard InChI is InChI=1S/C14H15N3S/c1-2-4-11(5-3-1)8-12(13-6-7-18-17-13)14-9-15-10-16-14/h1-6,9-10,12,17H,7-8H2,(H,15,16). The molecule has 0 saturated heterocycles. The fraction of sp³-hybridized carbons (Fsp3) is 0.214. The van der Waals surface area contributed by atoms with Crippen LogP contribution in [0.1, 0.15) is 17.2 Å². The predicted octanol–water partition coefficient (Wildman–Crippen LogP) is 2.87. The van der Waals surface area contributed by atoms with Gasteiger partial charge >= 0.3 is 0 Å². The first kappa shape index (κ1) is 11.4. The van der Waals surface area contributed by atoms with Gasteiger partial charge in [0, 0.05) is 29.3 Å². The van der Waals surface area contributed by atoms with E-state index in [9.17, 15) is 0 Å². The molecule has 0 amide bonds. The van der Waals surface area contributed by atoms with Gasteiger partial charge in [-0.3, -0.25) is 0 Å². The van der Waals surface area contributed by atoms with Crippen LogP contribution < -0.4 is 4.72 Å². The van der Waals surface area contributed by atoms with Gasteiger partial charge in [-0.2, -0.15) is 0 Å². The number of nitrogens with one attached hydrogen (secondary N) is 2. The summed E-state index contributed by atoms with van der Waals surface area (Å²) < 4.78 is 3.40. The van der Waals surface area contributed by atoms with E-state index >= 15 is 0 Å². The average molecular weight is 257 g/mol. The van der Waals surface area contributed by atoms with Crippen molar-refractivity contribution in [2.24, 2.45) is 0 Å². The van der Waals surface area contributed by atoms with Gasteiger partial charge in [-0.05, 0) is 23.9 Å². The van der Waals surface area contributed by atoms with E-state index in [1.54, 1.807) is 18.3 Å². The van der Waals surface area contributed by atoms with Crippen LogP contribution in [0.5, 0.6) is 0 Å². The zero-order chi connectivity index (χ0) is 12.2. The number of nitrogens with zero attached hydrogens (tertiary/aromatic N) is 1. The summed E-state index contributed by atoms with van der Waals surface area (Å²) >= 11 is 1.74. The molecule has 0 bridgehead atoms. The molecule has 1 aliphatic heterocycles. The van der Waals surface area contributed by atoms with Crippen molar-refractivity contribution in [2.75, 3.05) is 5.75 Å². The molecule has 1 atom stereocenters. The highest BCUT2D eigenvalue weighted by molar-refractivity contribution is 7.97. The molecule has 1 aromatic carbocycles. The Labute approximate surface area is 111 Å². The zero-order valence-corrected chi connectivity index (χ0v) is 10.8. The first-order valence-corrected chi connectivity index (χ1v) is 7.02. The SMILES string of the molecule is C1=C(C(Cc2ccccc2)c2cnc[nH]2)NSC1. The maximum Gasteiger partial charge on any atom is 0.0921 e. The van der Waals surface area contributed by atoms with Crippen molar-refractivity contribution in [1.82, 2.24) is 14.7 Å². The van der Waals surface area contributed by atoms with Crippen LogP contribution in [0.15, 0.2) is 54.6 Å². The Kier molecular flexibility index (Phi) is 3.37. The number of benzene rings is 1. The van der Waals surface area contributed by atoms with Crippen molar-refractivity contribution < 1.29 is 0 Å². The van der Waals surface area contributed by atoms with Gasteiger partial charge in [0.15, 0.2) is 0 Å². The molecular weight excluding hydrogens is 242 g/mol. The summed E-state index contributed by atoms with van der Waals surface area (Å²) in [7, 11) is 0. The molecule has 0 saturated carbocycles. The molecule has 0 spiro atoms. The summed E-state index contributed by atoms with van der Waals surface area (Å²) in [4.78, 5) is 7.37. The number of imidazole rings is 1. The number of allylic oxidation sites excluding steroid dienone is 1. The van der Waals surface area contributed by atoms with E-state index in [0.717, 1.165) is 12.2 Å². The number of aromatic nitrogens is 2. The maximum atomic E-state index is 4.14. The van der Waals surface area contributed by atoms with E-state index in [4.69, 9.17) is 0 Å². The molecule has 1 unspecified atom stereocenters. The summed E-state index contributed by atoms with van der Waals surface area (Å²) in [6.45, 7) is 0. The highest BCUT2D eigenvalue weighted by Crippen LogP contribution is 2.29. The summed E-state index contributed by atoms with van der Waals surface area (Å²) in [5, 5.41) is 0. The average Bonchev–Trinajstić information content (AvgIpc) is 3.11. The number of rotatable bonds is 4. The lowest BCUT2D eigenvalue weighted by atomic mass is 9.93. The predicted molar refractivity (Wildman–Crippen MR) is 75.2 cm³/mol. The molecule has 92 valence electrons. The lowest BCUT2D eigenvalue weighted by Gasteiger charge is -2.17. The van der Waals surface area contributed by atoms with E-state index in [1.165, 1.54) is 17.0 Å². The largest absolute Gasteiger partial charge is 0.348 e. The fourth-order valence-electron chi connectivity index (χ4n) is 2.21. The van der Waals surface area contributed by atoms with Gasteiger partial charge in [-0.25, -0.2) is 4.98 Å². The van der Waals surface area contributed by atoms with Gasteiger partial charge in [-0.15, -0.1) is 0 Å². The second-order valence-corrected chi connectivity index (χ2v) is 5.15. The quantitative estimate of drug-likeness (QED) is 0.827. The second kappa shape index (κ2) is 5.31. The van der Waals surface area contributed by atoms with Gasteiger partial charge in [0.1, 0.15) is 0 Å². The Bertz CT molecular complexity index is 519. The Morgan fingerprint density at radius 3 is 2.83 bits per heavy atom. The van der Waals surface area contributed by atoms with Crippen LogP contribution in [0.25, 0.3) is 0 Å². The summed E-state index contributed by atoms with van der Waals surface area (Å²) in [6.07, 6.45) is 6.91. The highest BCUT2D eigenvalue weighted by Gasteiger charge is 2.21. The molecule has 4 heteroatoms. The third-order valence-electron chi connectivity index (χ3n) is 3.13. The molecule has 3 nitrogen and oxygen atoms in total. The molecule has 2 N–H and O–H groups in total. The van der Waals surface area contributed by atoms with Crippen molar-refractivity contribution in [3.05, 3.63) is 65.9 Å². The van der Waals surface area contributed by atoms with Crippen molar-refractivity contribution in [3.63, 3.8) is 0 Å². The monoisotopic (exact) mass is 257 g/mol. The van der Waals surface area contributed by atoms with Crippen molar-refractivity contribution in [3.8, 4) is 0 Å². The van der Waals surface area contributed by atoms with Crippen LogP contribution in [0, 0.1) is 0 Å². The van der Waals surface area contributed by atoms with Crippen LogP contribution in [0.4, 0.5) is 0 Å². The Balaban J connectivity index is 1.86. The molecule has 18 heavy (non-hydrogen) atoms. The molecule has 0 fully saturated rings. The highest BCUT2D eigenvalue weighted by atomic mass is 32.2. The van der Waals surface area contributed by atoms with Crippen LogP contribution >= 0.6 is 11.9 Å². The first-order valence-electron chi connectivity index (χ1n) is 6.03. The molecular formula is C14H15N3S. The van der Waals surface area contributed by atoms with Gasteiger partial charge in [0.2, 0.25) is 0 Å².